The van der Waals surface area contributed by atoms with Crippen molar-refractivity contribution in [1.82, 2.24) is 9.97 Å². The molecule has 5 rings (SSSR count). The first-order valence-electron chi connectivity index (χ1n) is 9.89. The summed E-state index contributed by atoms with van der Waals surface area (Å²) >= 11 is 0. The van der Waals surface area contributed by atoms with Gasteiger partial charge in [0.25, 0.3) is 0 Å². The quantitative estimate of drug-likeness (QED) is 0.572. The zero-order chi connectivity index (χ0) is 19.6. The summed E-state index contributed by atoms with van der Waals surface area (Å²) in [6.07, 6.45) is 0. The van der Waals surface area contributed by atoms with Gasteiger partial charge in [0.15, 0.2) is 5.82 Å². The van der Waals surface area contributed by atoms with E-state index >= 15 is 0 Å². The fourth-order valence-corrected chi connectivity index (χ4v) is 3.88. The monoisotopic (exact) mass is 382 g/mol. The van der Waals surface area contributed by atoms with Gasteiger partial charge < -0.3 is 14.9 Å². The maximum absolute atomic E-state index is 9.78. The van der Waals surface area contributed by atoms with E-state index in [2.05, 4.69) is 21.9 Å². The third-order valence-corrected chi connectivity index (χ3v) is 5.39. The second-order valence-electron chi connectivity index (χ2n) is 7.25. The Kier molecular flexibility index (Phi) is 4.48. The number of piperazine rings is 1. The molecule has 0 saturated carbocycles. The second-order valence-corrected chi connectivity index (χ2v) is 7.25. The lowest BCUT2D eigenvalue weighted by atomic mass is 10.1. The lowest BCUT2D eigenvalue weighted by Gasteiger charge is -2.37. The molecule has 0 spiro atoms. The van der Waals surface area contributed by atoms with Gasteiger partial charge in [-0.2, -0.15) is 0 Å². The van der Waals surface area contributed by atoms with Gasteiger partial charge in [-0.3, -0.25) is 0 Å². The molecule has 0 radical (unpaired) electrons. The van der Waals surface area contributed by atoms with Crippen molar-refractivity contribution in [3.8, 4) is 17.1 Å². The SMILES string of the molecule is Oc1cccc(N2CCN(c3nc(-c4ccccc4)nc4ccccc34)CC2)c1. The van der Waals surface area contributed by atoms with E-state index in [1.807, 2.05) is 60.7 Å². The molecular weight excluding hydrogens is 360 g/mol. The van der Waals surface area contributed by atoms with Crippen molar-refractivity contribution in [2.45, 2.75) is 0 Å². The van der Waals surface area contributed by atoms with Gasteiger partial charge in [0, 0.05) is 48.9 Å². The number of hydrogen-bond donors (Lipinski definition) is 1. The summed E-state index contributed by atoms with van der Waals surface area (Å²) in [7, 11) is 0. The Morgan fingerprint density at radius 3 is 2.21 bits per heavy atom. The van der Waals surface area contributed by atoms with Gasteiger partial charge >= 0.3 is 0 Å². The molecule has 5 heteroatoms. The number of fused-ring (bicyclic) bond motifs is 1. The summed E-state index contributed by atoms with van der Waals surface area (Å²) in [5.41, 5.74) is 3.05. The lowest BCUT2D eigenvalue weighted by Crippen LogP contribution is -2.47. The summed E-state index contributed by atoms with van der Waals surface area (Å²) in [4.78, 5) is 14.4. The van der Waals surface area contributed by atoms with E-state index in [-0.39, 0.29) is 0 Å². The van der Waals surface area contributed by atoms with Crippen LogP contribution in [0, 0.1) is 0 Å². The molecule has 3 aromatic carbocycles. The van der Waals surface area contributed by atoms with Crippen molar-refractivity contribution in [2.75, 3.05) is 36.0 Å². The van der Waals surface area contributed by atoms with E-state index in [9.17, 15) is 5.11 Å². The summed E-state index contributed by atoms with van der Waals surface area (Å²) in [6.45, 7) is 3.49. The Bertz CT molecular complexity index is 1140. The number of phenols is 1. The maximum atomic E-state index is 9.78. The highest BCUT2D eigenvalue weighted by molar-refractivity contribution is 5.91. The van der Waals surface area contributed by atoms with Crippen molar-refractivity contribution in [3.63, 3.8) is 0 Å². The lowest BCUT2D eigenvalue weighted by molar-refractivity contribution is 0.475. The Labute approximate surface area is 169 Å². The van der Waals surface area contributed by atoms with Gasteiger partial charge in [-0.25, -0.2) is 9.97 Å². The number of aromatic hydroxyl groups is 1. The van der Waals surface area contributed by atoms with Crippen LogP contribution in [-0.4, -0.2) is 41.3 Å². The Balaban J connectivity index is 1.47. The molecule has 0 atom stereocenters. The Morgan fingerprint density at radius 1 is 0.690 bits per heavy atom. The van der Waals surface area contributed by atoms with Crippen LogP contribution in [-0.2, 0) is 0 Å². The van der Waals surface area contributed by atoms with E-state index in [1.54, 1.807) is 6.07 Å². The third kappa shape index (κ3) is 3.47. The van der Waals surface area contributed by atoms with Crippen molar-refractivity contribution in [2.24, 2.45) is 0 Å². The molecule has 0 bridgehead atoms. The smallest absolute Gasteiger partial charge is 0.162 e. The molecule has 4 aromatic rings. The largest absolute Gasteiger partial charge is 0.508 e. The first kappa shape index (κ1) is 17.5. The van der Waals surface area contributed by atoms with Crippen LogP contribution < -0.4 is 9.80 Å². The number of para-hydroxylation sites is 1. The minimum Gasteiger partial charge on any atom is -0.508 e. The van der Waals surface area contributed by atoms with Crippen LogP contribution in [0.15, 0.2) is 78.9 Å². The predicted octanol–water partition coefficient (Wildman–Crippen LogP) is 4.33. The fourth-order valence-electron chi connectivity index (χ4n) is 3.88. The summed E-state index contributed by atoms with van der Waals surface area (Å²) < 4.78 is 0. The van der Waals surface area contributed by atoms with Crippen LogP contribution in [0.4, 0.5) is 11.5 Å². The average molecular weight is 382 g/mol. The highest BCUT2D eigenvalue weighted by Crippen LogP contribution is 2.29. The molecule has 1 aromatic heterocycles. The second kappa shape index (κ2) is 7.43. The number of nitrogens with zero attached hydrogens (tertiary/aromatic N) is 4. The number of aromatic nitrogens is 2. The molecule has 0 aliphatic carbocycles. The minimum absolute atomic E-state index is 0.305. The molecule has 5 nitrogen and oxygen atoms in total. The van der Waals surface area contributed by atoms with Crippen LogP contribution in [0.3, 0.4) is 0 Å². The van der Waals surface area contributed by atoms with Crippen LogP contribution in [0.1, 0.15) is 0 Å². The first-order chi connectivity index (χ1) is 14.3. The van der Waals surface area contributed by atoms with Crippen LogP contribution in [0.25, 0.3) is 22.3 Å². The standard InChI is InChI=1S/C24H22N4O/c29-20-10-6-9-19(17-20)27-13-15-28(16-14-27)24-21-11-4-5-12-22(21)25-23(26-24)18-7-2-1-3-8-18/h1-12,17,29H,13-16H2. The number of rotatable bonds is 3. The molecule has 1 aliphatic rings. The van der Waals surface area contributed by atoms with Gasteiger partial charge in [-0.15, -0.1) is 0 Å². The van der Waals surface area contributed by atoms with E-state index in [4.69, 9.17) is 9.97 Å². The molecule has 1 aliphatic heterocycles. The maximum Gasteiger partial charge on any atom is 0.162 e. The van der Waals surface area contributed by atoms with E-state index in [0.717, 1.165) is 60.0 Å². The third-order valence-electron chi connectivity index (χ3n) is 5.39. The zero-order valence-corrected chi connectivity index (χ0v) is 16.1. The first-order valence-corrected chi connectivity index (χ1v) is 9.89. The number of hydrogen-bond acceptors (Lipinski definition) is 5. The van der Waals surface area contributed by atoms with Gasteiger partial charge in [-0.1, -0.05) is 48.5 Å². The van der Waals surface area contributed by atoms with E-state index in [1.165, 1.54) is 0 Å². The molecule has 1 N–H and O–H groups in total. The molecule has 2 heterocycles. The normalized spacial score (nSPS) is 14.3. The number of anilines is 2. The van der Waals surface area contributed by atoms with Crippen LogP contribution in [0.5, 0.6) is 5.75 Å². The van der Waals surface area contributed by atoms with Crippen molar-refractivity contribution < 1.29 is 5.11 Å². The molecule has 0 unspecified atom stereocenters. The van der Waals surface area contributed by atoms with E-state index in [0.29, 0.717) is 5.75 Å². The predicted molar refractivity (Wildman–Crippen MR) is 118 cm³/mol. The minimum atomic E-state index is 0.305. The highest BCUT2D eigenvalue weighted by atomic mass is 16.3. The summed E-state index contributed by atoms with van der Waals surface area (Å²) in [5, 5.41) is 10.9. The Hall–Kier alpha value is -3.60. The molecule has 144 valence electrons. The van der Waals surface area contributed by atoms with E-state index < -0.39 is 0 Å². The number of phenolic OH excluding ortho intramolecular Hbond substituents is 1. The molecule has 1 fully saturated rings. The van der Waals surface area contributed by atoms with Crippen LogP contribution in [0.2, 0.25) is 0 Å². The molecular formula is C24H22N4O. The van der Waals surface area contributed by atoms with Gasteiger partial charge in [-0.05, 0) is 24.3 Å². The Morgan fingerprint density at radius 2 is 1.41 bits per heavy atom. The molecule has 0 amide bonds. The van der Waals surface area contributed by atoms with Gasteiger partial charge in [0.1, 0.15) is 11.6 Å². The van der Waals surface area contributed by atoms with Gasteiger partial charge in [0.05, 0.1) is 5.52 Å². The number of benzene rings is 3. The summed E-state index contributed by atoms with van der Waals surface area (Å²) in [5.74, 6) is 2.05. The van der Waals surface area contributed by atoms with Crippen LogP contribution >= 0.6 is 0 Å². The van der Waals surface area contributed by atoms with Crippen molar-refractivity contribution in [1.29, 1.82) is 0 Å². The van der Waals surface area contributed by atoms with Crippen molar-refractivity contribution in [3.05, 3.63) is 78.9 Å². The van der Waals surface area contributed by atoms with Crippen molar-refractivity contribution >= 4 is 22.4 Å². The van der Waals surface area contributed by atoms with Gasteiger partial charge in [0.2, 0.25) is 0 Å². The topological polar surface area (TPSA) is 52.5 Å². The molecule has 29 heavy (non-hydrogen) atoms. The highest BCUT2D eigenvalue weighted by Gasteiger charge is 2.21. The fraction of sp³-hybridized carbons (Fsp3) is 0.167. The average Bonchev–Trinajstić information content (AvgIpc) is 2.79. The zero-order valence-electron chi connectivity index (χ0n) is 16.1. The molecule has 1 saturated heterocycles. The summed E-state index contributed by atoms with van der Waals surface area (Å²) in [6, 6.07) is 25.8.